The van der Waals surface area contributed by atoms with Crippen LogP contribution in [0.25, 0.3) is 0 Å². The highest BCUT2D eigenvalue weighted by atomic mass is 79.9. The summed E-state index contributed by atoms with van der Waals surface area (Å²) in [4.78, 5) is 14.2. The van der Waals surface area contributed by atoms with Crippen LogP contribution >= 0.6 is 15.9 Å². The second kappa shape index (κ2) is 8.24. The third-order valence-corrected chi connectivity index (χ3v) is 4.14. The van der Waals surface area contributed by atoms with E-state index in [0.717, 1.165) is 24.1 Å². The van der Waals surface area contributed by atoms with Crippen LogP contribution < -0.4 is 20.1 Å². The Hall–Kier alpha value is -1.47. The zero-order valence-electron chi connectivity index (χ0n) is 12.9. The lowest BCUT2D eigenvalue weighted by Crippen LogP contribution is -2.37. The van der Waals surface area contributed by atoms with Gasteiger partial charge < -0.3 is 25.0 Å². The Balaban J connectivity index is 1.88. The molecule has 0 radical (unpaired) electrons. The number of anilines is 1. The van der Waals surface area contributed by atoms with Crippen molar-refractivity contribution in [3.8, 4) is 11.5 Å². The Bertz CT molecular complexity index is 521. The van der Waals surface area contributed by atoms with Crippen molar-refractivity contribution in [1.29, 1.82) is 0 Å². The van der Waals surface area contributed by atoms with Crippen LogP contribution in [0.3, 0.4) is 0 Å². The summed E-state index contributed by atoms with van der Waals surface area (Å²) in [5.41, 5.74) is 0.657. The number of hydrogen-bond donors (Lipinski definition) is 2. The van der Waals surface area contributed by atoms with Crippen LogP contribution in [-0.4, -0.2) is 50.3 Å². The van der Waals surface area contributed by atoms with Crippen LogP contribution in [0.15, 0.2) is 16.6 Å². The van der Waals surface area contributed by atoms with Crippen molar-refractivity contribution < 1.29 is 14.3 Å². The van der Waals surface area contributed by atoms with Gasteiger partial charge in [-0.2, -0.15) is 0 Å². The number of benzene rings is 1. The molecule has 6 nitrogen and oxygen atoms in total. The summed E-state index contributed by atoms with van der Waals surface area (Å²) in [5, 5.41) is 5.67. The maximum Gasteiger partial charge on any atom is 0.319 e. The lowest BCUT2D eigenvalue weighted by Gasteiger charge is -2.20. The van der Waals surface area contributed by atoms with Crippen LogP contribution in [-0.2, 0) is 0 Å². The molecule has 0 saturated heterocycles. The maximum absolute atomic E-state index is 12.0. The van der Waals surface area contributed by atoms with E-state index in [-0.39, 0.29) is 6.03 Å². The highest BCUT2D eigenvalue weighted by Gasteiger charge is 2.16. The average Bonchev–Trinajstić information content (AvgIpc) is 2.52. The van der Waals surface area contributed by atoms with Gasteiger partial charge in [0.2, 0.25) is 0 Å². The van der Waals surface area contributed by atoms with E-state index in [1.165, 1.54) is 0 Å². The van der Waals surface area contributed by atoms with Gasteiger partial charge in [-0.1, -0.05) is 13.8 Å². The van der Waals surface area contributed by atoms with Gasteiger partial charge in [-0.05, 0) is 29.0 Å². The van der Waals surface area contributed by atoms with E-state index in [0.29, 0.717) is 36.9 Å². The molecular formula is C15H22BrN3O3. The predicted octanol–water partition coefficient (Wildman–Crippen LogP) is 2.68. The molecule has 1 aliphatic rings. The van der Waals surface area contributed by atoms with Gasteiger partial charge in [-0.25, -0.2) is 4.79 Å². The number of nitrogens with zero attached hydrogens (tertiary/aromatic N) is 1. The van der Waals surface area contributed by atoms with E-state index in [9.17, 15) is 4.79 Å². The molecule has 22 heavy (non-hydrogen) atoms. The molecule has 2 N–H and O–H groups in total. The van der Waals surface area contributed by atoms with E-state index >= 15 is 0 Å². The van der Waals surface area contributed by atoms with E-state index in [1.807, 2.05) is 0 Å². The number of carbonyl (C=O) groups is 1. The molecule has 0 unspecified atom stereocenters. The maximum atomic E-state index is 12.0. The molecule has 7 heteroatoms. The second-order valence-electron chi connectivity index (χ2n) is 4.88. The summed E-state index contributed by atoms with van der Waals surface area (Å²) in [7, 11) is 0. The molecule has 0 saturated carbocycles. The van der Waals surface area contributed by atoms with Crippen molar-refractivity contribution in [3.63, 3.8) is 0 Å². The first-order chi connectivity index (χ1) is 10.6. The normalized spacial score (nSPS) is 13.1. The first-order valence-corrected chi connectivity index (χ1v) is 8.29. The summed E-state index contributed by atoms with van der Waals surface area (Å²) >= 11 is 3.43. The van der Waals surface area contributed by atoms with E-state index in [4.69, 9.17) is 9.47 Å². The second-order valence-corrected chi connectivity index (χ2v) is 5.74. The molecule has 2 rings (SSSR count). The number of fused-ring (bicyclic) bond motifs is 1. The number of ether oxygens (including phenoxy) is 2. The van der Waals surface area contributed by atoms with E-state index < -0.39 is 0 Å². The Labute approximate surface area is 139 Å². The van der Waals surface area contributed by atoms with Gasteiger partial charge in [-0.15, -0.1) is 0 Å². The Kier molecular flexibility index (Phi) is 6.33. The zero-order valence-corrected chi connectivity index (χ0v) is 14.5. The van der Waals surface area contributed by atoms with Gasteiger partial charge in [0.25, 0.3) is 0 Å². The van der Waals surface area contributed by atoms with Crippen LogP contribution in [0.2, 0.25) is 0 Å². The summed E-state index contributed by atoms with van der Waals surface area (Å²) in [5.74, 6) is 1.33. The number of carbonyl (C=O) groups excluding carboxylic acids is 1. The quantitative estimate of drug-likeness (QED) is 0.806. The number of amides is 2. The molecule has 0 atom stereocenters. The zero-order chi connectivity index (χ0) is 15.9. The van der Waals surface area contributed by atoms with E-state index in [2.05, 4.69) is 45.3 Å². The number of likely N-dealkylation sites (N-methyl/N-ethyl adjacent to an activating group) is 1. The van der Waals surface area contributed by atoms with Crippen molar-refractivity contribution in [2.24, 2.45) is 0 Å². The van der Waals surface area contributed by atoms with E-state index in [1.54, 1.807) is 12.1 Å². The summed E-state index contributed by atoms with van der Waals surface area (Å²) in [6.45, 7) is 8.67. The Morgan fingerprint density at radius 3 is 2.50 bits per heavy atom. The van der Waals surface area contributed by atoms with Crippen LogP contribution in [0.1, 0.15) is 13.8 Å². The van der Waals surface area contributed by atoms with Gasteiger partial charge in [-0.3, -0.25) is 0 Å². The van der Waals surface area contributed by atoms with Crippen molar-refractivity contribution >= 4 is 27.6 Å². The van der Waals surface area contributed by atoms with Gasteiger partial charge in [0.05, 0.1) is 5.69 Å². The van der Waals surface area contributed by atoms with Crippen molar-refractivity contribution in [2.45, 2.75) is 13.8 Å². The summed E-state index contributed by atoms with van der Waals surface area (Å²) < 4.78 is 11.8. The lowest BCUT2D eigenvalue weighted by molar-refractivity contribution is 0.171. The number of urea groups is 1. The fourth-order valence-electron chi connectivity index (χ4n) is 2.19. The minimum Gasteiger partial charge on any atom is -0.486 e. The topological polar surface area (TPSA) is 62.8 Å². The first kappa shape index (κ1) is 16.9. The SMILES string of the molecule is CCN(CC)CCNC(=O)Nc1cc2c(cc1Br)OCCO2. The average molecular weight is 372 g/mol. The Morgan fingerprint density at radius 1 is 1.23 bits per heavy atom. The van der Waals surface area contributed by atoms with Crippen molar-refractivity contribution in [2.75, 3.05) is 44.7 Å². The summed E-state index contributed by atoms with van der Waals surface area (Å²) in [6.07, 6.45) is 0. The molecule has 0 spiro atoms. The highest BCUT2D eigenvalue weighted by molar-refractivity contribution is 9.10. The minimum absolute atomic E-state index is 0.232. The number of halogens is 1. The van der Waals surface area contributed by atoms with Gasteiger partial charge in [0, 0.05) is 29.7 Å². The van der Waals surface area contributed by atoms with Crippen LogP contribution in [0.5, 0.6) is 11.5 Å². The smallest absolute Gasteiger partial charge is 0.319 e. The highest BCUT2D eigenvalue weighted by Crippen LogP contribution is 2.38. The fourth-order valence-corrected chi connectivity index (χ4v) is 2.62. The Morgan fingerprint density at radius 2 is 1.86 bits per heavy atom. The third-order valence-electron chi connectivity index (χ3n) is 3.49. The predicted molar refractivity (Wildman–Crippen MR) is 89.9 cm³/mol. The molecule has 122 valence electrons. The molecule has 0 aromatic heterocycles. The first-order valence-electron chi connectivity index (χ1n) is 7.50. The summed E-state index contributed by atoms with van der Waals surface area (Å²) in [6, 6.07) is 3.34. The molecule has 1 aromatic rings. The minimum atomic E-state index is -0.232. The van der Waals surface area contributed by atoms with Gasteiger partial charge in [0.1, 0.15) is 13.2 Å². The molecule has 1 aliphatic heterocycles. The standard InChI is InChI=1S/C15H22BrN3O3/c1-3-19(4-2)6-5-17-15(20)18-12-10-14-13(9-11(12)16)21-7-8-22-14/h9-10H,3-8H2,1-2H3,(H2,17,18,20). The van der Waals surface area contributed by atoms with Gasteiger partial charge in [0.15, 0.2) is 11.5 Å². The fraction of sp³-hybridized carbons (Fsp3) is 0.533. The molecule has 0 aliphatic carbocycles. The van der Waals surface area contributed by atoms with Crippen LogP contribution in [0.4, 0.5) is 10.5 Å². The lowest BCUT2D eigenvalue weighted by atomic mass is 10.2. The van der Waals surface area contributed by atoms with Crippen molar-refractivity contribution in [1.82, 2.24) is 10.2 Å². The monoisotopic (exact) mass is 371 g/mol. The molecule has 2 amide bonds. The largest absolute Gasteiger partial charge is 0.486 e. The van der Waals surface area contributed by atoms with Gasteiger partial charge >= 0.3 is 6.03 Å². The molecule has 1 aromatic carbocycles. The molecule has 1 heterocycles. The van der Waals surface area contributed by atoms with Crippen LogP contribution in [0, 0.1) is 0 Å². The number of rotatable bonds is 6. The molecule has 0 fully saturated rings. The number of hydrogen-bond acceptors (Lipinski definition) is 4. The number of nitrogens with one attached hydrogen (secondary N) is 2. The molecule has 0 bridgehead atoms. The third kappa shape index (κ3) is 4.51. The van der Waals surface area contributed by atoms with Crippen molar-refractivity contribution in [3.05, 3.63) is 16.6 Å². The molecular weight excluding hydrogens is 350 g/mol.